The van der Waals surface area contributed by atoms with Crippen LogP contribution in [0.15, 0.2) is 27.7 Å². The van der Waals surface area contributed by atoms with Crippen LogP contribution >= 0.6 is 15.9 Å². The molecule has 0 bridgehead atoms. The Hall–Kier alpha value is -1.10. The van der Waals surface area contributed by atoms with E-state index in [0.29, 0.717) is 17.1 Å². The lowest BCUT2D eigenvalue weighted by Gasteiger charge is -2.13. The van der Waals surface area contributed by atoms with E-state index in [2.05, 4.69) is 45.4 Å². The van der Waals surface area contributed by atoms with Crippen LogP contribution in [0, 0.1) is 5.82 Å². The zero-order valence-electron chi connectivity index (χ0n) is 11.6. The summed E-state index contributed by atoms with van der Waals surface area (Å²) in [5.74, 6) is 0.584. The molecule has 3 nitrogen and oxygen atoms in total. The molecule has 0 aliphatic carbocycles. The minimum atomic E-state index is -0.234. The lowest BCUT2D eigenvalue weighted by Crippen LogP contribution is -2.41. The minimum absolute atomic E-state index is 0.234. The molecule has 0 unspecified atom stereocenters. The van der Waals surface area contributed by atoms with Crippen molar-refractivity contribution < 1.29 is 4.39 Å². The first-order valence-electron chi connectivity index (χ1n) is 6.51. The van der Waals surface area contributed by atoms with Crippen molar-refractivity contribution in [2.45, 2.75) is 33.2 Å². The highest BCUT2D eigenvalue weighted by molar-refractivity contribution is 9.10. The van der Waals surface area contributed by atoms with Crippen LogP contribution in [0.25, 0.3) is 0 Å². The van der Waals surface area contributed by atoms with Crippen molar-refractivity contribution >= 4 is 21.9 Å². The van der Waals surface area contributed by atoms with Gasteiger partial charge in [0.05, 0.1) is 4.47 Å². The van der Waals surface area contributed by atoms with Gasteiger partial charge in [0.2, 0.25) is 0 Å². The predicted molar refractivity (Wildman–Crippen MR) is 82.1 cm³/mol. The number of hydrogen-bond donors (Lipinski definition) is 2. The van der Waals surface area contributed by atoms with Crippen LogP contribution in [-0.2, 0) is 6.42 Å². The van der Waals surface area contributed by atoms with Crippen molar-refractivity contribution in [3.05, 3.63) is 34.1 Å². The largest absolute Gasteiger partial charge is 0.357 e. The van der Waals surface area contributed by atoms with E-state index in [9.17, 15) is 4.39 Å². The first-order chi connectivity index (χ1) is 9.02. The second-order valence-electron chi connectivity index (χ2n) is 4.56. The molecular formula is C14H21BrFN3. The molecule has 0 radical (unpaired) electrons. The normalized spacial score (nSPS) is 11.8. The molecule has 0 fully saturated rings. The van der Waals surface area contributed by atoms with Crippen LogP contribution in [-0.4, -0.2) is 25.1 Å². The maximum Gasteiger partial charge on any atom is 0.191 e. The average Bonchev–Trinajstić information content (AvgIpc) is 2.33. The lowest BCUT2D eigenvalue weighted by atomic mass is 10.1. The molecule has 1 rings (SSSR count). The van der Waals surface area contributed by atoms with Gasteiger partial charge in [-0.2, -0.15) is 0 Å². The van der Waals surface area contributed by atoms with E-state index in [-0.39, 0.29) is 5.82 Å². The highest BCUT2D eigenvalue weighted by Gasteiger charge is 2.02. The van der Waals surface area contributed by atoms with E-state index in [1.807, 2.05) is 6.92 Å². The summed E-state index contributed by atoms with van der Waals surface area (Å²) in [4.78, 5) is 4.49. The summed E-state index contributed by atoms with van der Waals surface area (Å²) in [6, 6.07) is 5.41. The summed E-state index contributed by atoms with van der Waals surface area (Å²) in [6.07, 6.45) is 0.785. The second kappa shape index (κ2) is 8.15. The zero-order valence-corrected chi connectivity index (χ0v) is 13.2. The molecule has 1 aromatic rings. The lowest BCUT2D eigenvalue weighted by molar-refractivity contribution is 0.620. The summed E-state index contributed by atoms with van der Waals surface area (Å²) in [7, 11) is 0. The number of guanidine groups is 1. The summed E-state index contributed by atoms with van der Waals surface area (Å²) < 4.78 is 13.6. The smallest absolute Gasteiger partial charge is 0.191 e. The molecule has 0 amide bonds. The van der Waals surface area contributed by atoms with Gasteiger partial charge in [0.25, 0.3) is 0 Å². The van der Waals surface area contributed by atoms with Crippen molar-refractivity contribution in [3.63, 3.8) is 0 Å². The number of nitrogens with zero attached hydrogens (tertiary/aromatic N) is 1. The monoisotopic (exact) mass is 329 g/mol. The van der Waals surface area contributed by atoms with Crippen molar-refractivity contribution in [1.29, 1.82) is 0 Å². The number of benzene rings is 1. The molecule has 0 heterocycles. The maximum absolute atomic E-state index is 13.1. The van der Waals surface area contributed by atoms with Gasteiger partial charge < -0.3 is 10.6 Å². The van der Waals surface area contributed by atoms with Crippen LogP contribution < -0.4 is 10.6 Å². The van der Waals surface area contributed by atoms with Gasteiger partial charge in [-0.1, -0.05) is 6.07 Å². The first kappa shape index (κ1) is 16.0. The Morgan fingerprint density at radius 2 is 2.16 bits per heavy atom. The van der Waals surface area contributed by atoms with Gasteiger partial charge >= 0.3 is 0 Å². The fourth-order valence-corrected chi connectivity index (χ4v) is 2.01. The van der Waals surface area contributed by atoms with Crippen LogP contribution in [0.2, 0.25) is 0 Å². The highest BCUT2D eigenvalue weighted by Crippen LogP contribution is 2.17. The molecule has 0 aliphatic heterocycles. The fourth-order valence-electron chi connectivity index (χ4n) is 1.59. The van der Waals surface area contributed by atoms with Crippen molar-refractivity contribution in [1.82, 2.24) is 10.6 Å². The number of aliphatic imine (C=N–C) groups is 1. The van der Waals surface area contributed by atoms with Gasteiger partial charge in [0.15, 0.2) is 5.96 Å². The Morgan fingerprint density at radius 1 is 1.42 bits per heavy atom. The van der Waals surface area contributed by atoms with E-state index in [4.69, 9.17) is 0 Å². The third-order valence-corrected chi connectivity index (χ3v) is 3.03. The molecule has 0 saturated heterocycles. The molecule has 0 saturated carbocycles. The summed E-state index contributed by atoms with van der Waals surface area (Å²) in [6.45, 7) is 7.68. The van der Waals surface area contributed by atoms with E-state index >= 15 is 0 Å². The molecule has 2 N–H and O–H groups in total. The van der Waals surface area contributed by atoms with E-state index in [0.717, 1.165) is 24.5 Å². The molecule has 19 heavy (non-hydrogen) atoms. The third-order valence-electron chi connectivity index (χ3n) is 2.42. The number of nitrogens with one attached hydrogen (secondary N) is 2. The van der Waals surface area contributed by atoms with Gasteiger partial charge in [-0.15, -0.1) is 0 Å². The van der Waals surface area contributed by atoms with Crippen molar-refractivity contribution in [2.75, 3.05) is 13.1 Å². The molecule has 5 heteroatoms. The van der Waals surface area contributed by atoms with Gasteiger partial charge in [-0.25, -0.2) is 4.39 Å². The predicted octanol–water partition coefficient (Wildman–Crippen LogP) is 3.09. The number of rotatable bonds is 5. The zero-order chi connectivity index (χ0) is 14.3. The first-order valence-corrected chi connectivity index (χ1v) is 7.31. The van der Waals surface area contributed by atoms with Gasteiger partial charge in [-0.05, 0) is 60.8 Å². The average molecular weight is 330 g/mol. The number of hydrogen-bond acceptors (Lipinski definition) is 1. The van der Waals surface area contributed by atoms with Crippen LogP contribution in [0.1, 0.15) is 26.3 Å². The Morgan fingerprint density at radius 3 is 2.74 bits per heavy atom. The Labute approximate surface area is 122 Å². The third kappa shape index (κ3) is 6.05. The maximum atomic E-state index is 13.1. The molecular weight excluding hydrogens is 309 g/mol. The SMILES string of the molecule is CCNC(=NCCc1ccc(F)c(Br)c1)NC(C)C. The van der Waals surface area contributed by atoms with Crippen LogP contribution in [0.3, 0.4) is 0 Å². The molecule has 0 spiro atoms. The van der Waals surface area contributed by atoms with E-state index in [1.165, 1.54) is 6.07 Å². The minimum Gasteiger partial charge on any atom is -0.357 e. The van der Waals surface area contributed by atoms with E-state index in [1.54, 1.807) is 12.1 Å². The molecule has 0 aromatic heterocycles. The van der Waals surface area contributed by atoms with Crippen molar-refractivity contribution in [3.8, 4) is 0 Å². The Kier molecular flexibility index (Phi) is 6.84. The Bertz CT molecular complexity index is 433. The number of halogens is 2. The molecule has 106 valence electrons. The van der Waals surface area contributed by atoms with Crippen molar-refractivity contribution in [2.24, 2.45) is 4.99 Å². The van der Waals surface area contributed by atoms with Gasteiger partial charge in [-0.3, -0.25) is 4.99 Å². The quantitative estimate of drug-likeness (QED) is 0.643. The Balaban J connectivity index is 2.55. The molecule has 0 atom stereocenters. The van der Waals surface area contributed by atoms with E-state index < -0.39 is 0 Å². The standard InChI is InChI=1S/C14H21BrFN3/c1-4-17-14(19-10(2)3)18-8-7-11-5-6-13(16)12(15)9-11/h5-6,9-10H,4,7-8H2,1-3H3,(H2,17,18,19). The highest BCUT2D eigenvalue weighted by atomic mass is 79.9. The molecule has 1 aromatic carbocycles. The van der Waals surface area contributed by atoms with Crippen LogP contribution in [0.5, 0.6) is 0 Å². The van der Waals surface area contributed by atoms with Gasteiger partial charge in [0, 0.05) is 19.1 Å². The molecule has 0 aliphatic rings. The van der Waals surface area contributed by atoms with Crippen LogP contribution in [0.4, 0.5) is 4.39 Å². The fraction of sp³-hybridized carbons (Fsp3) is 0.500. The summed E-state index contributed by atoms with van der Waals surface area (Å²) >= 11 is 3.19. The topological polar surface area (TPSA) is 36.4 Å². The second-order valence-corrected chi connectivity index (χ2v) is 5.41. The summed E-state index contributed by atoms with van der Waals surface area (Å²) in [5, 5.41) is 6.45. The summed E-state index contributed by atoms with van der Waals surface area (Å²) in [5.41, 5.74) is 1.07. The van der Waals surface area contributed by atoms with Gasteiger partial charge in [0.1, 0.15) is 5.82 Å².